The maximum Gasteiger partial charge on any atom is 0.376 e. The molecule has 0 aliphatic heterocycles. The molecule has 5 heteroatoms. The number of aromatic nitrogens is 2. The van der Waals surface area contributed by atoms with Gasteiger partial charge in [-0.1, -0.05) is 12.1 Å². The Morgan fingerprint density at radius 2 is 2.16 bits per heavy atom. The number of rotatable bonds is 4. The van der Waals surface area contributed by atoms with Gasteiger partial charge in [-0.05, 0) is 25.1 Å². The van der Waals surface area contributed by atoms with E-state index in [1.54, 1.807) is 20.1 Å². The molecule has 0 N–H and O–H groups in total. The molecule has 0 fully saturated rings. The Hall–Kier alpha value is -2.43. The number of ether oxygens (including phenoxy) is 2. The molecule has 0 aliphatic rings. The number of benzene rings is 1. The fraction of sp³-hybridized carbons (Fsp3) is 0.214. The summed E-state index contributed by atoms with van der Waals surface area (Å²) >= 11 is 0. The van der Waals surface area contributed by atoms with Crippen molar-refractivity contribution in [2.75, 3.05) is 13.7 Å². The van der Waals surface area contributed by atoms with Crippen LogP contribution < -0.4 is 4.74 Å². The summed E-state index contributed by atoms with van der Waals surface area (Å²) in [5.74, 6) is 0.267. The average molecular weight is 258 g/mol. The lowest BCUT2D eigenvalue weighted by molar-refractivity contribution is 0.0512. The van der Waals surface area contributed by atoms with E-state index in [0.717, 1.165) is 11.3 Å². The van der Waals surface area contributed by atoms with Crippen LogP contribution >= 0.6 is 0 Å². The molecule has 0 bridgehead atoms. The minimum absolute atomic E-state index is 0.0576. The molecular formula is C14H14N2O3. The number of hydrogen-bond donors (Lipinski definition) is 0. The van der Waals surface area contributed by atoms with E-state index in [1.807, 2.05) is 24.3 Å². The van der Waals surface area contributed by atoms with Gasteiger partial charge in [0.25, 0.3) is 0 Å². The van der Waals surface area contributed by atoms with Gasteiger partial charge in [-0.2, -0.15) is 0 Å². The van der Waals surface area contributed by atoms with Gasteiger partial charge in [0.05, 0.1) is 19.4 Å². The van der Waals surface area contributed by atoms with Gasteiger partial charge in [-0.3, -0.25) is 0 Å². The van der Waals surface area contributed by atoms with Gasteiger partial charge in [-0.25, -0.2) is 14.8 Å². The summed E-state index contributed by atoms with van der Waals surface area (Å²) in [4.78, 5) is 19.7. The molecule has 0 aliphatic carbocycles. The molecule has 1 heterocycles. The van der Waals surface area contributed by atoms with Crippen LogP contribution in [0, 0.1) is 0 Å². The van der Waals surface area contributed by atoms with E-state index >= 15 is 0 Å². The van der Waals surface area contributed by atoms with Crippen LogP contribution in [0.25, 0.3) is 11.3 Å². The molecule has 0 radical (unpaired) electrons. The van der Waals surface area contributed by atoms with E-state index in [-0.39, 0.29) is 5.82 Å². The molecule has 0 saturated carbocycles. The Kier molecular flexibility index (Phi) is 4.07. The SMILES string of the molecule is CCOC(=O)c1nccc(-c2cccc(OC)c2)n1. The molecule has 0 unspecified atom stereocenters. The van der Waals surface area contributed by atoms with Crippen molar-refractivity contribution in [3.63, 3.8) is 0 Å². The number of esters is 1. The zero-order valence-corrected chi connectivity index (χ0v) is 10.8. The highest BCUT2D eigenvalue weighted by Crippen LogP contribution is 2.21. The molecule has 98 valence electrons. The highest BCUT2D eigenvalue weighted by molar-refractivity contribution is 5.85. The highest BCUT2D eigenvalue weighted by Gasteiger charge is 2.11. The Bertz CT molecular complexity index is 584. The van der Waals surface area contributed by atoms with E-state index in [2.05, 4.69) is 9.97 Å². The average Bonchev–Trinajstić information content (AvgIpc) is 2.48. The van der Waals surface area contributed by atoms with Crippen molar-refractivity contribution < 1.29 is 14.3 Å². The topological polar surface area (TPSA) is 61.3 Å². The summed E-state index contributed by atoms with van der Waals surface area (Å²) in [5, 5.41) is 0. The molecule has 1 aromatic carbocycles. The predicted octanol–water partition coefficient (Wildman–Crippen LogP) is 2.33. The molecule has 19 heavy (non-hydrogen) atoms. The summed E-state index contributed by atoms with van der Waals surface area (Å²) < 4.78 is 10.0. The fourth-order valence-electron chi connectivity index (χ4n) is 1.60. The van der Waals surface area contributed by atoms with Crippen molar-refractivity contribution >= 4 is 5.97 Å². The molecule has 5 nitrogen and oxygen atoms in total. The summed E-state index contributed by atoms with van der Waals surface area (Å²) in [6, 6.07) is 9.17. The van der Waals surface area contributed by atoms with Crippen LogP contribution in [0.3, 0.4) is 0 Å². The molecule has 1 aromatic heterocycles. The van der Waals surface area contributed by atoms with Gasteiger partial charge >= 0.3 is 5.97 Å². The van der Waals surface area contributed by atoms with Crippen LogP contribution in [-0.2, 0) is 4.74 Å². The smallest absolute Gasteiger partial charge is 0.376 e. The zero-order valence-electron chi connectivity index (χ0n) is 10.8. The summed E-state index contributed by atoms with van der Waals surface area (Å²) in [7, 11) is 1.60. The molecule has 2 aromatic rings. The van der Waals surface area contributed by atoms with Crippen LogP contribution in [0.1, 0.15) is 17.5 Å². The number of nitrogens with zero attached hydrogens (tertiary/aromatic N) is 2. The van der Waals surface area contributed by atoms with E-state index in [1.165, 1.54) is 6.20 Å². The van der Waals surface area contributed by atoms with E-state index in [9.17, 15) is 4.79 Å². The summed E-state index contributed by atoms with van der Waals surface area (Å²) in [6.45, 7) is 2.04. The number of hydrogen-bond acceptors (Lipinski definition) is 5. The lowest BCUT2D eigenvalue weighted by Gasteiger charge is -2.05. The van der Waals surface area contributed by atoms with Crippen molar-refractivity contribution in [2.45, 2.75) is 6.92 Å². The lowest BCUT2D eigenvalue weighted by Crippen LogP contribution is -2.09. The monoisotopic (exact) mass is 258 g/mol. The maximum absolute atomic E-state index is 11.6. The normalized spacial score (nSPS) is 10.0. The zero-order chi connectivity index (χ0) is 13.7. The Morgan fingerprint density at radius 1 is 1.32 bits per heavy atom. The van der Waals surface area contributed by atoms with Gasteiger partial charge < -0.3 is 9.47 Å². The van der Waals surface area contributed by atoms with Gasteiger partial charge in [-0.15, -0.1) is 0 Å². The Morgan fingerprint density at radius 3 is 2.89 bits per heavy atom. The molecule has 0 amide bonds. The van der Waals surface area contributed by atoms with Gasteiger partial charge in [0.2, 0.25) is 5.82 Å². The highest BCUT2D eigenvalue weighted by atomic mass is 16.5. The van der Waals surface area contributed by atoms with Crippen LogP contribution in [0.5, 0.6) is 5.75 Å². The summed E-state index contributed by atoms with van der Waals surface area (Å²) in [5.41, 5.74) is 1.50. The number of carbonyl (C=O) groups is 1. The second-order valence-electron chi connectivity index (χ2n) is 3.72. The first-order chi connectivity index (χ1) is 9.24. The van der Waals surface area contributed by atoms with Crippen LogP contribution in [-0.4, -0.2) is 29.7 Å². The van der Waals surface area contributed by atoms with E-state index < -0.39 is 5.97 Å². The van der Waals surface area contributed by atoms with Crippen LogP contribution in [0.15, 0.2) is 36.5 Å². The van der Waals surface area contributed by atoms with Gasteiger partial charge in [0.1, 0.15) is 5.75 Å². The van der Waals surface area contributed by atoms with Crippen LogP contribution in [0.4, 0.5) is 0 Å². The molecule has 0 saturated heterocycles. The Balaban J connectivity index is 2.34. The van der Waals surface area contributed by atoms with Crippen molar-refractivity contribution in [1.29, 1.82) is 0 Å². The molecular weight excluding hydrogens is 244 g/mol. The third-order valence-electron chi connectivity index (χ3n) is 2.48. The molecule has 0 spiro atoms. The van der Waals surface area contributed by atoms with Gasteiger partial charge in [0, 0.05) is 11.8 Å². The largest absolute Gasteiger partial charge is 0.497 e. The number of carbonyl (C=O) groups excluding carboxylic acids is 1. The second kappa shape index (κ2) is 5.95. The minimum atomic E-state index is -0.521. The van der Waals surface area contributed by atoms with Gasteiger partial charge in [0.15, 0.2) is 0 Å². The quantitative estimate of drug-likeness (QED) is 0.788. The first-order valence-corrected chi connectivity index (χ1v) is 5.89. The van der Waals surface area contributed by atoms with Crippen molar-refractivity contribution in [2.24, 2.45) is 0 Å². The lowest BCUT2D eigenvalue weighted by atomic mass is 10.1. The fourth-order valence-corrected chi connectivity index (χ4v) is 1.60. The van der Waals surface area contributed by atoms with E-state index in [4.69, 9.17) is 9.47 Å². The van der Waals surface area contributed by atoms with Crippen LogP contribution in [0.2, 0.25) is 0 Å². The molecule has 0 atom stereocenters. The third kappa shape index (κ3) is 3.07. The second-order valence-corrected chi connectivity index (χ2v) is 3.72. The third-order valence-corrected chi connectivity index (χ3v) is 2.48. The van der Waals surface area contributed by atoms with Crippen molar-refractivity contribution in [3.05, 3.63) is 42.4 Å². The first-order valence-electron chi connectivity index (χ1n) is 5.89. The summed E-state index contributed by atoms with van der Waals surface area (Å²) in [6.07, 6.45) is 1.54. The number of methoxy groups -OCH3 is 1. The van der Waals surface area contributed by atoms with E-state index in [0.29, 0.717) is 12.3 Å². The Labute approximate surface area is 111 Å². The van der Waals surface area contributed by atoms with Crippen molar-refractivity contribution in [3.8, 4) is 17.0 Å². The first kappa shape index (κ1) is 13.0. The minimum Gasteiger partial charge on any atom is -0.497 e. The van der Waals surface area contributed by atoms with Crippen molar-refractivity contribution in [1.82, 2.24) is 9.97 Å². The molecule has 2 rings (SSSR count). The predicted molar refractivity (Wildman–Crippen MR) is 70.0 cm³/mol. The standard InChI is InChI=1S/C14H14N2O3/c1-3-19-14(17)13-15-8-7-12(16-13)10-5-4-6-11(9-10)18-2/h4-9H,3H2,1-2H3. The maximum atomic E-state index is 11.6.